The Labute approximate surface area is 77.9 Å². The molecule has 0 aromatic heterocycles. The average molecular weight is 222 g/mol. The smallest absolute Gasteiger partial charge is 0.295 e. The molecule has 0 fully saturated rings. The normalized spacial score (nSPS) is 11.4. The van der Waals surface area contributed by atoms with E-state index in [1.54, 1.807) is 0 Å². The molecule has 0 saturated heterocycles. The lowest BCUT2D eigenvalue weighted by molar-refractivity contribution is 0.111. The van der Waals surface area contributed by atoms with Crippen molar-refractivity contribution >= 4 is 16.4 Å². The van der Waals surface area contributed by atoms with Gasteiger partial charge >= 0.3 is 0 Å². The number of rotatable bonds is 2. The lowest BCUT2D eigenvalue weighted by atomic mass is 10.2. The van der Waals surface area contributed by atoms with Gasteiger partial charge in [-0.15, -0.1) is 0 Å². The molecule has 1 rings (SSSR count). The fourth-order valence-corrected chi connectivity index (χ4v) is 1.54. The first kappa shape index (κ1) is 10.7. The number of hydrogen-bond acceptors (Lipinski definition) is 3. The fourth-order valence-electron chi connectivity index (χ4n) is 0.883. The van der Waals surface area contributed by atoms with Gasteiger partial charge in [0.25, 0.3) is 10.1 Å². The first-order valence-electron chi connectivity index (χ1n) is 3.28. The van der Waals surface area contributed by atoms with E-state index in [2.05, 4.69) is 0 Å². The van der Waals surface area contributed by atoms with E-state index < -0.39 is 32.2 Å². The van der Waals surface area contributed by atoms with Crippen molar-refractivity contribution in [2.24, 2.45) is 0 Å². The maximum absolute atomic E-state index is 12.8. The van der Waals surface area contributed by atoms with Crippen LogP contribution in [0.15, 0.2) is 17.0 Å². The molecule has 0 heterocycles. The van der Waals surface area contributed by atoms with Gasteiger partial charge in [0.05, 0.1) is 5.56 Å². The van der Waals surface area contributed by atoms with E-state index in [-0.39, 0.29) is 6.29 Å². The van der Waals surface area contributed by atoms with Crippen molar-refractivity contribution in [2.45, 2.75) is 4.90 Å². The molecule has 0 spiro atoms. The summed E-state index contributed by atoms with van der Waals surface area (Å²) >= 11 is 0. The summed E-state index contributed by atoms with van der Waals surface area (Å²) < 4.78 is 55.0. The molecule has 0 aliphatic heterocycles. The molecular weight excluding hydrogens is 218 g/mol. The van der Waals surface area contributed by atoms with Crippen LogP contribution in [0.25, 0.3) is 0 Å². The molecule has 76 valence electrons. The van der Waals surface area contributed by atoms with Crippen LogP contribution in [-0.2, 0) is 10.1 Å². The van der Waals surface area contributed by atoms with Crippen LogP contribution in [-0.4, -0.2) is 19.3 Å². The Balaban J connectivity index is 3.63. The maximum Gasteiger partial charge on any atom is 0.295 e. The predicted octanol–water partition coefficient (Wildman–Crippen LogP) is 1.02. The van der Waals surface area contributed by atoms with Crippen molar-refractivity contribution in [3.63, 3.8) is 0 Å². The van der Waals surface area contributed by atoms with Gasteiger partial charge in [0, 0.05) is 0 Å². The largest absolute Gasteiger partial charge is 0.298 e. The van der Waals surface area contributed by atoms with Crippen LogP contribution in [0.4, 0.5) is 8.78 Å². The second-order valence-corrected chi connectivity index (χ2v) is 3.76. The van der Waals surface area contributed by atoms with Gasteiger partial charge in [-0.1, -0.05) is 0 Å². The highest BCUT2D eigenvalue weighted by atomic mass is 32.2. The zero-order chi connectivity index (χ0) is 10.9. The lowest BCUT2D eigenvalue weighted by Crippen LogP contribution is -2.06. The number of carbonyl (C=O) groups excluding carboxylic acids is 1. The molecule has 1 aromatic rings. The molecule has 0 atom stereocenters. The monoisotopic (exact) mass is 222 g/mol. The predicted molar refractivity (Wildman–Crippen MR) is 41.6 cm³/mol. The average Bonchev–Trinajstić information content (AvgIpc) is 2.07. The molecular formula is C7H4F2O4S. The summed E-state index contributed by atoms with van der Waals surface area (Å²) in [7, 11) is -4.72. The van der Waals surface area contributed by atoms with Gasteiger partial charge in [-0.2, -0.15) is 8.42 Å². The van der Waals surface area contributed by atoms with Crippen LogP contribution in [0.2, 0.25) is 0 Å². The molecule has 4 nitrogen and oxygen atoms in total. The van der Waals surface area contributed by atoms with Crippen molar-refractivity contribution in [3.05, 3.63) is 29.3 Å². The van der Waals surface area contributed by atoms with Crippen molar-refractivity contribution in [2.75, 3.05) is 0 Å². The third-order valence-electron chi connectivity index (χ3n) is 1.49. The SMILES string of the molecule is O=Cc1c(S(=O)(=O)O)ccc(F)c1F. The van der Waals surface area contributed by atoms with E-state index in [4.69, 9.17) is 4.55 Å². The van der Waals surface area contributed by atoms with E-state index >= 15 is 0 Å². The summed E-state index contributed by atoms with van der Waals surface area (Å²) in [6.07, 6.45) is -0.179. The van der Waals surface area contributed by atoms with Gasteiger partial charge in [0.2, 0.25) is 0 Å². The molecule has 0 radical (unpaired) electrons. The number of halogens is 2. The summed E-state index contributed by atoms with van der Waals surface area (Å²) in [6.45, 7) is 0. The fraction of sp³-hybridized carbons (Fsp3) is 0. The summed E-state index contributed by atoms with van der Waals surface area (Å²) in [4.78, 5) is 9.31. The van der Waals surface area contributed by atoms with E-state index in [1.165, 1.54) is 0 Å². The Morgan fingerprint density at radius 3 is 2.29 bits per heavy atom. The van der Waals surface area contributed by atoms with Crippen LogP contribution < -0.4 is 0 Å². The third kappa shape index (κ3) is 1.78. The highest BCUT2D eigenvalue weighted by Crippen LogP contribution is 2.19. The second-order valence-electron chi connectivity index (χ2n) is 2.37. The van der Waals surface area contributed by atoms with Crippen LogP contribution in [0.1, 0.15) is 10.4 Å². The molecule has 0 unspecified atom stereocenters. The molecule has 14 heavy (non-hydrogen) atoms. The van der Waals surface area contributed by atoms with Crippen molar-refractivity contribution in [1.82, 2.24) is 0 Å². The third-order valence-corrected chi connectivity index (χ3v) is 2.40. The molecule has 1 aromatic carbocycles. The highest BCUT2D eigenvalue weighted by Gasteiger charge is 2.20. The zero-order valence-electron chi connectivity index (χ0n) is 6.57. The maximum atomic E-state index is 12.8. The molecule has 0 amide bonds. The van der Waals surface area contributed by atoms with Gasteiger partial charge in [0.1, 0.15) is 4.90 Å². The molecule has 0 saturated carbocycles. The van der Waals surface area contributed by atoms with Gasteiger partial charge in [-0.3, -0.25) is 9.35 Å². The molecule has 7 heteroatoms. The van der Waals surface area contributed by atoms with E-state index in [1.807, 2.05) is 0 Å². The van der Waals surface area contributed by atoms with Gasteiger partial charge in [-0.05, 0) is 12.1 Å². The Kier molecular flexibility index (Phi) is 2.63. The second kappa shape index (κ2) is 3.43. The molecule has 0 aliphatic rings. The summed E-state index contributed by atoms with van der Waals surface area (Å²) in [5.41, 5.74) is -1.02. The molecule has 1 N–H and O–H groups in total. The first-order valence-corrected chi connectivity index (χ1v) is 4.72. The Morgan fingerprint density at radius 1 is 1.29 bits per heavy atom. The summed E-state index contributed by atoms with van der Waals surface area (Å²) in [5, 5.41) is 0. The zero-order valence-corrected chi connectivity index (χ0v) is 7.38. The van der Waals surface area contributed by atoms with Gasteiger partial charge in [-0.25, -0.2) is 8.78 Å². The Bertz CT molecular complexity index is 481. The number of aldehydes is 1. The minimum atomic E-state index is -4.72. The quantitative estimate of drug-likeness (QED) is 0.599. The van der Waals surface area contributed by atoms with Crippen LogP contribution >= 0.6 is 0 Å². The lowest BCUT2D eigenvalue weighted by Gasteiger charge is -2.02. The first-order chi connectivity index (χ1) is 6.38. The topological polar surface area (TPSA) is 71.4 Å². The standard InChI is InChI=1S/C7H4F2O4S/c8-5-1-2-6(14(11,12)13)4(3-10)7(5)9/h1-3H,(H,11,12,13). The van der Waals surface area contributed by atoms with E-state index in [9.17, 15) is 22.0 Å². The molecule has 0 bridgehead atoms. The van der Waals surface area contributed by atoms with Crippen molar-refractivity contribution in [1.29, 1.82) is 0 Å². The van der Waals surface area contributed by atoms with Crippen LogP contribution in [0.5, 0.6) is 0 Å². The van der Waals surface area contributed by atoms with Crippen molar-refractivity contribution in [3.8, 4) is 0 Å². The highest BCUT2D eigenvalue weighted by molar-refractivity contribution is 7.86. The van der Waals surface area contributed by atoms with Crippen LogP contribution in [0, 0.1) is 11.6 Å². The summed E-state index contributed by atoms with van der Waals surface area (Å²) in [5.74, 6) is -2.96. The van der Waals surface area contributed by atoms with Crippen LogP contribution in [0.3, 0.4) is 0 Å². The minimum absolute atomic E-state index is 0.179. The van der Waals surface area contributed by atoms with Gasteiger partial charge < -0.3 is 0 Å². The minimum Gasteiger partial charge on any atom is -0.298 e. The van der Waals surface area contributed by atoms with Crippen molar-refractivity contribution < 1.29 is 26.5 Å². The van der Waals surface area contributed by atoms with E-state index in [0.717, 1.165) is 0 Å². The number of carbonyl (C=O) groups is 1. The van der Waals surface area contributed by atoms with E-state index in [0.29, 0.717) is 12.1 Å². The number of benzene rings is 1. The Hall–Kier alpha value is -1.34. The number of hydrogen-bond donors (Lipinski definition) is 1. The molecule has 0 aliphatic carbocycles. The van der Waals surface area contributed by atoms with Gasteiger partial charge in [0.15, 0.2) is 17.9 Å². The Morgan fingerprint density at radius 2 is 1.86 bits per heavy atom. The summed E-state index contributed by atoms with van der Waals surface area (Å²) in [6, 6.07) is 1.11.